The molecular formula is C28H30N6OS3. The first-order valence-electron chi connectivity index (χ1n) is 13.1. The van der Waals surface area contributed by atoms with Crippen molar-refractivity contribution >= 4 is 50.6 Å². The van der Waals surface area contributed by atoms with Gasteiger partial charge in [-0.3, -0.25) is 4.79 Å². The van der Waals surface area contributed by atoms with Gasteiger partial charge in [0, 0.05) is 25.3 Å². The van der Waals surface area contributed by atoms with Gasteiger partial charge in [0.25, 0.3) is 0 Å². The van der Waals surface area contributed by atoms with E-state index in [9.17, 15) is 4.79 Å². The van der Waals surface area contributed by atoms with Crippen molar-refractivity contribution < 1.29 is 4.79 Å². The Labute approximate surface area is 234 Å². The molecule has 2 aliphatic carbocycles. The van der Waals surface area contributed by atoms with Gasteiger partial charge < -0.3 is 10.6 Å². The number of hydrogen-bond acceptors (Lipinski definition) is 9. The van der Waals surface area contributed by atoms with Gasteiger partial charge in [0.1, 0.15) is 10.0 Å². The van der Waals surface area contributed by atoms with Crippen LogP contribution < -0.4 is 10.6 Å². The van der Waals surface area contributed by atoms with E-state index in [1.807, 2.05) is 30.0 Å². The number of anilines is 2. The Bertz CT molecular complexity index is 1340. The zero-order chi connectivity index (χ0) is 25.7. The van der Waals surface area contributed by atoms with Crippen molar-refractivity contribution in [2.24, 2.45) is 11.8 Å². The predicted octanol–water partition coefficient (Wildman–Crippen LogP) is 5.87. The molecule has 1 amide bonds. The van der Waals surface area contributed by atoms with Gasteiger partial charge in [0.05, 0.1) is 0 Å². The van der Waals surface area contributed by atoms with Crippen LogP contribution in [0.25, 0.3) is 0 Å². The van der Waals surface area contributed by atoms with Crippen LogP contribution in [0.4, 0.5) is 10.3 Å². The topological polar surface area (TPSA) is 92.7 Å². The SMILES string of the molecule is O=C(Nc1nnc(CCSCCc2nnc(NCC3C[C@@H]3c3ccccc3)s2)s1)C1C[C@@H]1c1ccccc1. The van der Waals surface area contributed by atoms with Gasteiger partial charge in [0.2, 0.25) is 16.2 Å². The minimum atomic E-state index is 0.0382. The predicted molar refractivity (Wildman–Crippen MR) is 156 cm³/mol. The van der Waals surface area contributed by atoms with Crippen LogP contribution in [0.2, 0.25) is 0 Å². The Morgan fingerprint density at radius 1 is 0.789 bits per heavy atom. The Morgan fingerprint density at radius 3 is 2.08 bits per heavy atom. The fourth-order valence-electron chi connectivity index (χ4n) is 4.80. The molecule has 196 valence electrons. The Kier molecular flexibility index (Phi) is 7.99. The third-order valence-electron chi connectivity index (χ3n) is 7.11. The van der Waals surface area contributed by atoms with Crippen LogP contribution >= 0.6 is 34.4 Å². The summed E-state index contributed by atoms with van der Waals surface area (Å²) in [4.78, 5) is 12.6. The number of nitrogens with one attached hydrogen (secondary N) is 2. The van der Waals surface area contributed by atoms with E-state index in [4.69, 9.17) is 0 Å². The number of nitrogens with zero attached hydrogens (tertiary/aromatic N) is 4. The highest BCUT2D eigenvalue weighted by molar-refractivity contribution is 7.99. The third-order valence-corrected chi connectivity index (χ3v) is 9.93. The van der Waals surface area contributed by atoms with Gasteiger partial charge in [-0.05, 0) is 53.2 Å². The van der Waals surface area contributed by atoms with Gasteiger partial charge in [0.15, 0.2) is 0 Å². The maximum absolute atomic E-state index is 12.6. The van der Waals surface area contributed by atoms with Gasteiger partial charge >= 0.3 is 0 Å². The largest absolute Gasteiger partial charge is 0.360 e. The highest BCUT2D eigenvalue weighted by Gasteiger charge is 2.44. The summed E-state index contributed by atoms with van der Waals surface area (Å²) >= 11 is 5.02. The molecule has 2 aromatic carbocycles. The van der Waals surface area contributed by atoms with Crippen LogP contribution in [0.1, 0.15) is 45.8 Å². The average Bonchev–Trinajstić information content (AvgIpc) is 3.83. The standard InChI is InChI=1S/C28H30N6OS3/c35-26(23-16-22(23)19-9-5-2-6-10-19)30-28-34-32-25(38-28)12-14-36-13-11-24-31-33-27(37-24)29-17-20-15-21(20)18-7-3-1-4-8-18/h1-10,20-23H,11-17H2,(H,29,33)(H,30,34,35)/t20?,21-,22-,23?/m1/s1. The lowest BCUT2D eigenvalue weighted by molar-refractivity contribution is -0.117. The lowest BCUT2D eigenvalue weighted by atomic mass is 10.1. The Morgan fingerprint density at radius 2 is 1.39 bits per heavy atom. The molecule has 38 heavy (non-hydrogen) atoms. The maximum Gasteiger partial charge on any atom is 0.229 e. The first-order valence-corrected chi connectivity index (χ1v) is 15.9. The summed E-state index contributed by atoms with van der Waals surface area (Å²) in [5, 5.41) is 27.1. The van der Waals surface area contributed by atoms with E-state index in [-0.39, 0.29) is 11.8 Å². The van der Waals surface area contributed by atoms with Crippen LogP contribution in [-0.4, -0.2) is 44.4 Å². The zero-order valence-electron chi connectivity index (χ0n) is 21.0. The monoisotopic (exact) mass is 562 g/mol. The molecule has 4 aromatic rings. The summed E-state index contributed by atoms with van der Waals surface area (Å²) in [6.07, 6.45) is 3.92. The van der Waals surface area contributed by atoms with Gasteiger partial charge in [-0.15, -0.1) is 20.4 Å². The normalized spacial score (nSPS) is 21.7. The number of benzene rings is 2. The molecule has 4 atom stereocenters. The average molecular weight is 563 g/mol. The van der Waals surface area contributed by atoms with E-state index in [0.29, 0.717) is 22.9 Å². The second-order valence-electron chi connectivity index (χ2n) is 9.86. The highest BCUT2D eigenvalue weighted by atomic mass is 32.2. The van der Waals surface area contributed by atoms with Crippen LogP contribution in [0.15, 0.2) is 60.7 Å². The summed E-state index contributed by atoms with van der Waals surface area (Å²) in [5.41, 5.74) is 2.68. The van der Waals surface area contributed by atoms with Crippen LogP contribution in [-0.2, 0) is 17.6 Å². The molecule has 2 aromatic heterocycles. The molecule has 2 N–H and O–H groups in total. The van der Waals surface area contributed by atoms with Crippen LogP contribution in [0.3, 0.4) is 0 Å². The number of rotatable bonds is 13. The van der Waals surface area contributed by atoms with Crippen molar-refractivity contribution in [3.8, 4) is 0 Å². The molecular weight excluding hydrogens is 533 g/mol. The molecule has 0 spiro atoms. The van der Waals surface area contributed by atoms with Gasteiger partial charge in [-0.2, -0.15) is 11.8 Å². The maximum atomic E-state index is 12.6. The third kappa shape index (κ3) is 6.59. The minimum Gasteiger partial charge on any atom is -0.360 e. The molecule has 7 nitrogen and oxygen atoms in total. The van der Waals surface area contributed by atoms with Crippen molar-refractivity contribution in [3.05, 3.63) is 81.8 Å². The summed E-state index contributed by atoms with van der Waals surface area (Å²) in [5.74, 6) is 3.75. The zero-order valence-corrected chi connectivity index (χ0v) is 23.4. The van der Waals surface area contributed by atoms with Gasteiger partial charge in [-0.25, -0.2) is 0 Å². The molecule has 0 aliphatic heterocycles. The van der Waals surface area contributed by atoms with Crippen molar-refractivity contribution in [2.75, 3.05) is 28.7 Å². The number of aromatic nitrogens is 4. The number of thioether (sulfide) groups is 1. The molecule has 0 radical (unpaired) electrons. The van der Waals surface area contributed by atoms with Crippen LogP contribution in [0.5, 0.6) is 0 Å². The van der Waals surface area contributed by atoms with E-state index < -0.39 is 0 Å². The molecule has 2 unspecified atom stereocenters. The van der Waals surface area contributed by atoms with Crippen molar-refractivity contribution in [2.45, 2.75) is 37.5 Å². The van der Waals surface area contributed by atoms with E-state index in [1.54, 1.807) is 11.3 Å². The fraction of sp³-hybridized carbons (Fsp3) is 0.393. The number of carbonyl (C=O) groups is 1. The number of hydrogen-bond donors (Lipinski definition) is 2. The summed E-state index contributed by atoms with van der Waals surface area (Å²) in [7, 11) is 0. The molecule has 0 saturated heterocycles. The van der Waals surface area contributed by atoms with E-state index >= 15 is 0 Å². The highest BCUT2D eigenvalue weighted by Crippen LogP contribution is 2.48. The van der Waals surface area contributed by atoms with E-state index in [2.05, 4.69) is 73.5 Å². The summed E-state index contributed by atoms with van der Waals surface area (Å²) < 4.78 is 0. The second kappa shape index (κ2) is 11.9. The molecule has 2 heterocycles. The minimum absolute atomic E-state index is 0.0382. The Balaban J connectivity index is 0.853. The lowest BCUT2D eigenvalue weighted by Crippen LogP contribution is -2.14. The molecule has 2 aliphatic rings. The lowest BCUT2D eigenvalue weighted by Gasteiger charge is -2.01. The fourth-order valence-corrected chi connectivity index (χ4v) is 7.43. The van der Waals surface area contributed by atoms with E-state index in [0.717, 1.165) is 52.5 Å². The smallest absolute Gasteiger partial charge is 0.229 e. The summed E-state index contributed by atoms with van der Waals surface area (Å²) in [6.45, 7) is 0.960. The molecule has 0 bridgehead atoms. The first kappa shape index (κ1) is 25.5. The van der Waals surface area contributed by atoms with E-state index in [1.165, 1.54) is 28.9 Å². The molecule has 10 heteroatoms. The van der Waals surface area contributed by atoms with Crippen molar-refractivity contribution in [1.29, 1.82) is 0 Å². The molecule has 2 saturated carbocycles. The quantitative estimate of drug-likeness (QED) is 0.197. The number of aryl methyl sites for hydroxylation is 2. The molecule has 6 rings (SSSR count). The first-order chi connectivity index (χ1) is 18.7. The summed E-state index contributed by atoms with van der Waals surface area (Å²) in [6, 6.07) is 21.0. The van der Waals surface area contributed by atoms with Crippen LogP contribution in [0, 0.1) is 11.8 Å². The molecule has 2 fully saturated rings. The number of carbonyl (C=O) groups excluding carboxylic acids is 1. The number of amides is 1. The second-order valence-corrected chi connectivity index (χ2v) is 13.2. The van der Waals surface area contributed by atoms with Crippen molar-refractivity contribution in [3.63, 3.8) is 0 Å². The van der Waals surface area contributed by atoms with Gasteiger partial charge in [-0.1, -0.05) is 83.3 Å². The Hall–Kier alpha value is -2.82. The van der Waals surface area contributed by atoms with Crippen molar-refractivity contribution in [1.82, 2.24) is 20.4 Å².